The molecule has 0 saturated carbocycles. The highest BCUT2D eigenvalue weighted by Crippen LogP contribution is 2.19. The number of hydrogen-bond acceptors (Lipinski definition) is 1. The maximum absolute atomic E-state index is 11.3. The van der Waals surface area contributed by atoms with Crippen LogP contribution in [0, 0.1) is 6.92 Å². The zero-order valence-electron chi connectivity index (χ0n) is 10.2. The molecular weight excluding hydrogens is 210 g/mol. The van der Waals surface area contributed by atoms with Crippen LogP contribution in [-0.4, -0.2) is 5.78 Å². The normalized spacial score (nSPS) is 10.2. The first kappa shape index (κ1) is 11.5. The quantitative estimate of drug-likeness (QED) is 0.737. The van der Waals surface area contributed by atoms with Crippen LogP contribution in [0.3, 0.4) is 0 Å². The molecule has 0 aliphatic carbocycles. The molecule has 0 atom stereocenters. The van der Waals surface area contributed by atoms with Crippen LogP contribution >= 0.6 is 0 Å². The summed E-state index contributed by atoms with van der Waals surface area (Å²) in [6.45, 7) is 4.12. The van der Waals surface area contributed by atoms with Crippen LogP contribution in [0.1, 0.15) is 12.5 Å². The molecule has 0 bridgehead atoms. The lowest BCUT2D eigenvalue weighted by molar-refractivity contribution is -0.673. The van der Waals surface area contributed by atoms with Gasteiger partial charge in [-0.05, 0) is 24.6 Å². The molecule has 0 radical (unpaired) electrons. The van der Waals surface area contributed by atoms with E-state index in [2.05, 4.69) is 19.1 Å². The van der Waals surface area contributed by atoms with Crippen LogP contribution < -0.4 is 4.57 Å². The molecular formula is C15H16NO+. The molecule has 1 aromatic heterocycles. The summed E-state index contributed by atoms with van der Waals surface area (Å²) in [6, 6.07) is 14.2. The first-order valence-electron chi connectivity index (χ1n) is 5.72. The van der Waals surface area contributed by atoms with Gasteiger partial charge in [0.15, 0.2) is 12.0 Å². The van der Waals surface area contributed by atoms with E-state index in [1.165, 1.54) is 11.1 Å². The summed E-state index contributed by atoms with van der Waals surface area (Å²) in [4.78, 5) is 11.3. The minimum atomic E-state index is 0.163. The van der Waals surface area contributed by atoms with Gasteiger partial charge in [0.05, 0.1) is 0 Å². The molecule has 17 heavy (non-hydrogen) atoms. The lowest BCUT2D eigenvalue weighted by atomic mass is 10.0. The number of carbonyl (C=O) groups is 1. The first-order chi connectivity index (χ1) is 8.18. The second-order valence-corrected chi connectivity index (χ2v) is 4.23. The van der Waals surface area contributed by atoms with Gasteiger partial charge < -0.3 is 0 Å². The Bertz CT molecular complexity index is 546. The van der Waals surface area contributed by atoms with E-state index >= 15 is 0 Å². The molecule has 0 spiro atoms. The number of ketones is 1. The molecule has 1 heterocycles. The predicted octanol–water partition coefficient (Wildman–Crippen LogP) is 2.54. The smallest absolute Gasteiger partial charge is 0.213 e. The number of pyridine rings is 1. The van der Waals surface area contributed by atoms with Crippen molar-refractivity contribution in [2.45, 2.75) is 20.4 Å². The molecule has 0 unspecified atom stereocenters. The summed E-state index contributed by atoms with van der Waals surface area (Å²) in [5.74, 6) is 0.163. The monoisotopic (exact) mass is 226 g/mol. The SMILES string of the molecule is CC(=O)C[n+]1ccccc1-c1ccccc1C. The average Bonchev–Trinajstić information content (AvgIpc) is 2.30. The Balaban J connectivity index is 2.52. The van der Waals surface area contributed by atoms with Crippen LogP contribution in [-0.2, 0) is 11.3 Å². The molecule has 2 rings (SSSR count). The lowest BCUT2D eigenvalue weighted by Crippen LogP contribution is -2.39. The van der Waals surface area contributed by atoms with E-state index in [0.29, 0.717) is 6.54 Å². The van der Waals surface area contributed by atoms with Crippen LogP contribution in [0.2, 0.25) is 0 Å². The summed E-state index contributed by atoms with van der Waals surface area (Å²) in [6.07, 6.45) is 1.95. The number of Topliss-reactive ketones (excluding diaryl/α,β-unsaturated/α-hetero) is 1. The van der Waals surface area contributed by atoms with E-state index < -0.39 is 0 Å². The highest BCUT2D eigenvalue weighted by atomic mass is 16.1. The van der Waals surface area contributed by atoms with Gasteiger partial charge in [0, 0.05) is 24.6 Å². The summed E-state index contributed by atoms with van der Waals surface area (Å²) < 4.78 is 1.99. The molecule has 86 valence electrons. The fraction of sp³-hybridized carbons (Fsp3) is 0.200. The number of rotatable bonds is 3. The van der Waals surface area contributed by atoms with E-state index in [1.807, 2.05) is 41.1 Å². The molecule has 2 heteroatoms. The van der Waals surface area contributed by atoms with Gasteiger partial charge in [-0.1, -0.05) is 18.2 Å². The number of aromatic nitrogens is 1. The second-order valence-electron chi connectivity index (χ2n) is 4.23. The standard InChI is InChI=1S/C15H16NO/c1-12-7-3-4-8-14(12)15-9-5-6-10-16(15)11-13(2)17/h3-10H,11H2,1-2H3/q+1. The molecule has 0 N–H and O–H groups in total. The van der Waals surface area contributed by atoms with Crippen molar-refractivity contribution in [3.63, 3.8) is 0 Å². The Kier molecular flexibility index (Phi) is 3.33. The Morgan fingerprint density at radius 1 is 1.12 bits per heavy atom. The minimum absolute atomic E-state index is 0.163. The molecule has 2 aromatic rings. The summed E-state index contributed by atoms with van der Waals surface area (Å²) >= 11 is 0. The zero-order chi connectivity index (χ0) is 12.3. The fourth-order valence-electron chi connectivity index (χ4n) is 1.96. The average molecular weight is 226 g/mol. The first-order valence-corrected chi connectivity index (χ1v) is 5.72. The topological polar surface area (TPSA) is 20.9 Å². The van der Waals surface area contributed by atoms with Crippen molar-refractivity contribution >= 4 is 5.78 Å². The molecule has 0 amide bonds. The molecule has 0 fully saturated rings. The van der Waals surface area contributed by atoms with Gasteiger partial charge >= 0.3 is 0 Å². The van der Waals surface area contributed by atoms with Gasteiger partial charge in [-0.15, -0.1) is 0 Å². The Hall–Kier alpha value is -1.96. The third kappa shape index (κ3) is 2.59. The van der Waals surface area contributed by atoms with Gasteiger partial charge in [-0.2, -0.15) is 4.57 Å². The maximum atomic E-state index is 11.3. The molecule has 2 nitrogen and oxygen atoms in total. The number of benzene rings is 1. The highest BCUT2D eigenvalue weighted by Gasteiger charge is 2.14. The molecule has 0 aliphatic rings. The third-order valence-electron chi connectivity index (χ3n) is 2.75. The van der Waals surface area contributed by atoms with Crippen LogP contribution in [0.15, 0.2) is 48.7 Å². The number of carbonyl (C=O) groups excluding carboxylic acids is 1. The Labute approximate surface area is 102 Å². The fourth-order valence-corrected chi connectivity index (χ4v) is 1.96. The van der Waals surface area contributed by atoms with Crippen molar-refractivity contribution in [1.29, 1.82) is 0 Å². The molecule has 0 saturated heterocycles. The lowest BCUT2D eigenvalue weighted by Gasteiger charge is -2.05. The van der Waals surface area contributed by atoms with Gasteiger partial charge in [0.25, 0.3) is 0 Å². The van der Waals surface area contributed by atoms with Crippen molar-refractivity contribution in [3.05, 3.63) is 54.2 Å². The van der Waals surface area contributed by atoms with Crippen molar-refractivity contribution in [3.8, 4) is 11.3 Å². The minimum Gasteiger partial charge on any atom is -0.293 e. The van der Waals surface area contributed by atoms with E-state index in [0.717, 1.165) is 5.69 Å². The number of hydrogen-bond donors (Lipinski definition) is 0. The summed E-state index contributed by atoms with van der Waals surface area (Å²) in [5, 5.41) is 0. The number of nitrogens with zero attached hydrogens (tertiary/aromatic N) is 1. The maximum Gasteiger partial charge on any atom is 0.213 e. The predicted molar refractivity (Wildman–Crippen MR) is 67.5 cm³/mol. The van der Waals surface area contributed by atoms with E-state index in [1.54, 1.807) is 6.92 Å². The van der Waals surface area contributed by atoms with E-state index in [4.69, 9.17) is 0 Å². The van der Waals surface area contributed by atoms with Gasteiger partial charge in [0.2, 0.25) is 12.2 Å². The van der Waals surface area contributed by atoms with E-state index in [9.17, 15) is 4.79 Å². The van der Waals surface area contributed by atoms with Gasteiger partial charge in [-0.25, -0.2) is 0 Å². The largest absolute Gasteiger partial charge is 0.293 e. The van der Waals surface area contributed by atoms with Crippen molar-refractivity contribution < 1.29 is 9.36 Å². The van der Waals surface area contributed by atoms with Crippen LogP contribution in [0.4, 0.5) is 0 Å². The summed E-state index contributed by atoms with van der Waals surface area (Å²) in [5.41, 5.74) is 3.48. The summed E-state index contributed by atoms with van der Waals surface area (Å²) in [7, 11) is 0. The van der Waals surface area contributed by atoms with Crippen LogP contribution in [0.25, 0.3) is 11.3 Å². The van der Waals surface area contributed by atoms with Crippen molar-refractivity contribution in [2.24, 2.45) is 0 Å². The molecule has 1 aromatic carbocycles. The second kappa shape index (κ2) is 4.91. The van der Waals surface area contributed by atoms with Gasteiger partial charge in [-0.3, -0.25) is 4.79 Å². The number of aryl methyl sites for hydroxylation is 1. The van der Waals surface area contributed by atoms with Crippen molar-refractivity contribution in [1.82, 2.24) is 0 Å². The van der Waals surface area contributed by atoms with Gasteiger partial charge in [0.1, 0.15) is 0 Å². The molecule has 0 aliphatic heterocycles. The zero-order valence-corrected chi connectivity index (χ0v) is 10.2. The third-order valence-corrected chi connectivity index (χ3v) is 2.75. The highest BCUT2D eigenvalue weighted by molar-refractivity contribution is 5.74. The van der Waals surface area contributed by atoms with E-state index in [-0.39, 0.29) is 5.78 Å². The Morgan fingerprint density at radius 3 is 2.53 bits per heavy atom. The van der Waals surface area contributed by atoms with Crippen LogP contribution in [0.5, 0.6) is 0 Å². The Morgan fingerprint density at radius 2 is 1.82 bits per heavy atom. The van der Waals surface area contributed by atoms with Crippen molar-refractivity contribution in [2.75, 3.05) is 0 Å².